The van der Waals surface area contributed by atoms with Gasteiger partial charge in [0.05, 0.1) is 28.2 Å². The Balaban J connectivity index is 1.19. The predicted octanol–water partition coefficient (Wildman–Crippen LogP) is 5.33. The van der Waals surface area contributed by atoms with Crippen LogP contribution in [0.2, 0.25) is 10.0 Å². The minimum Gasteiger partial charge on any atom is -0.497 e. The van der Waals surface area contributed by atoms with Crippen LogP contribution in [0.15, 0.2) is 48.7 Å². The van der Waals surface area contributed by atoms with Crippen LogP contribution in [-0.4, -0.2) is 71.7 Å². The first-order valence-corrected chi connectivity index (χ1v) is 13.7. The van der Waals surface area contributed by atoms with Gasteiger partial charge in [0.15, 0.2) is 0 Å². The second kappa shape index (κ2) is 11.6. The Morgan fingerprint density at radius 1 is 1.03 bits per heavy atom. The van der Waals surface area contributed by atoms with Crippen LogP contribution in [0.3, 0.4) is 0 Å². The summed E-state index contributed by atoms with van der Waals surface area (Å²) in [6.07, 6.45) is 5.51. The van der Waals surface area contributed by atoms with Crippen molar-refractivity contribution in [1.82, 2.24) is 14.8 Å². The number of aliphatic hydroxyl groups excluding tert-OH is 1. The molecule has 0 bridgehead atoms. The van der Waals surface area contributed by atoms with E-state index in [2.05, 4.69) is 9.88 Å². The Kier molecular flexibility index (Phi) is 8.20. The molecule has 0 aliphatic carbocycles. The van der Waals surface area contributed by atoms with Crippen molar-refractivity contribution in [3.63, 3.8) is 0 Å². The van der Waals surface area contributed by atoms with Crippen molar-refractivity contribution in [2.45, 2.75) is 31.7 Å². The number of likely N-dealkylation sites (tertiary alicyclic amines) is 2. The third kappa shape index (κ3) is 5.73. The largest absolute Gasteiger partial charge is 0.497 e. The van der Waals surface area contributed by atoms with Gasteiger partial charge in [0, 0.05) is 43.9 Å². The quantitative estimate of drug-likeness (QED) is 0.457. The summed E-state index contributed by atoms with van der Waals surface area (Å²) < 4.78 is 5.37. The van der Waals surface area contributed by atoms with Gasteiger partial charge in [-0.2, -0.15) is 0 Å². The Labute approximate surface area is 228 Å². The maximum absolute atomic E-state index is 13.4. The van der Waals surface area contributed by atoms with Crippen LogP contribution in [0.4, 0.5) is 0 Å². The topological polar surface area (TPSA) is 65.9 Å². The van der Waals surface area contributed by atoms with Gasteiger partial charge in [-0.1, -0.05) is 29.3 Å². The van der Waals surface area contributed by atoms with Gasteiger partial charge in [-0.3, -0.25) is 14.7 Å². The molecule has 0 spiro atoms. The molecule has 8 heteroatoms. The van der Waals surface area contributed by atoms with E-state index in [4.69, 9.17) is 27.9 Å². The zero-order valence-electron chi connectivity index (χ0n) is 21.1. The smallest absolute Gasteiger partial charge is 0.254 e. The summed E-state index contributed by atoms with van der Waals surface area (Å²) in [6.45, 7) is 3.53. The van der Waals surface area contributed by atoms with E-state index in [1.807, 2.05) is 41.3 Å². The number of methoxy groups -OCH3 is 1. The van der Waals surface area contributed by atoms with Crippen LogP contribution >= 0.6 is 23.2 Å². The number of amides is 1. The summed E-state index contributed by atoms with van der Waals surface area (Å²) in [5.74, 6) is 1.40. The van der Waals surface area contributed by atoms with Crippen LogP contribution in [0.25, 0.3) is 10.9 Å². The Hall–Kier alpha value is -2.38. The number of hydrogen-bond donors (Lipinski definition) is 1. The average Bonchev–Trinajstić information content (AvgIpc) is 2.94. The molecule has 3 heterocycles. The van der Waals surface area contributed by atoms with Gasteiger partial charge >= 0.3 is 0 Å². The highest BCUT2D eigenvalue weighted by Crippen LogP contribution is 2.32. The lowest BCUT2D eigenvalue weighted by molar-refractivity contribution is 0.0242. The minimum atomic E-state index is 0.0488. The zero-order valence-corrected chi connectivity index (χ0v) is 22.6. The number of fused-ring (bicyclic) bond motifs is 1. The molecule has 6 nitrogen and oxygen atoms in total. The molecule has 196 valence electrons. The van der Waals surface area contributed by atoms with E-state index in [9.17, 15) is 9.90 Å². The van der Waals surface area contributed by atoms with E-state index < -0.39 is 0 Å². The van der Waals surface area contributed by atoms with E-state index >= 15 is 0 Å². The first-order chi connectivity index (χ1) is 18.0. The molecule has 1 amide bonds. The summed E-state index contributed by atoms with van der Waals surface area (Å²) in [6, 6.07) is 13.7. The number of pyridine rings is 1. The fourth-order valence-electron chi connectivity index (χ4n) is 5.93. The zero-order chi connectivity index (χ0) is 25.9. The molecule has 0 unspecified atom stereocenters. The molecule has 0 saturated carbocycles. The number of nitrogens with zero attached hydrogens (tertiary/aromatic N) is 3. The number of benzene rings is 2. The first kappa shape index (κ1) is 26.2. The summed E-state index contributed by atoms with van der Waals surface area (Å²) in [4.78, 5) is 22.3. The van der Waals surface area contributed by atoms with Crippen molar-refractivity contribution in [3.05, 3.63) is 69.8 Å². The van der Waals surface area contributed by atoms with Crippen LogP contribution in [0, 0.1) is 11.8 Å². The number of carbonyl (C=O) groups excluding carboxylic acids is 1. The number of aliphatic hydroxyl groups is 1. The summed E-state index contributed by atoms with van der Waals surface area (Å²) in [5.41, 5.74) is 2.63. The second-order valence-electron chi connectivity index (χ2n) is 10.2. The summed E-state index contributed by atoms with van der Waals surface area (Å²) >= 11 is 12.3. The molecule has 2 aromatic carbocycles. The van der Waals surface area contributed by atoms with Gasteiger partial charge in [0.1, 0.15) is 5.75 Å². The predicted molar refractivity (Wildman–Crippen MR) is 148 cm³/mol. The van der Waals surface area contributed by atoms with Crippen LogP contribution < -0.4 is 4.74 Å². The highest BCUT2D eigenvalue weighted by molar-refractivity contribution is 6.42. The molecule has 3 aromatic rings. The molecule has 37 heavy (non-hydrogen) atoms. The minimum absolute atomic E-state index is 0.0488. The molecule has 2 fully saturated rings. The number of carbonyl (C=O) groups is 1. The van der Waals surface area contributed by atoms with Gasteiger partial charge in [0.25, 0.3) is 5.91 Å². The Morgan fingerprint density at radius 3 is 2.57 bits per heavy atom. The van der Waals surface area contributed by atoms with Crippen molar-refractivity contribution in [3.8, 4) is 5.75 Å². The van der Waals surface area contributed by atoms with Crippen LogP contribution in [0.5, 0.6) is 5.75 Å². The van der Waals surface area contributed by atoms with Crippen LogP contribution in [-0.2, 0) is 6.42 Å². The van der Waals surface area contributed by atoms with Gasteiger partial charge in [-0.25, -0.2) is 0 Å². The molecule has 2 aliphatic heterocycles. The highest BCUT2D eigenvalue weighted by Gasteiger charge is 2.34. The monoisotopic (exact) mass is 541 g/mol. The summed E-state index contributed by atoms with van der Waals surface area (Å²) in [7, 11) is 1.63. The van der Waals surface area contributed by atoms with Crippen molar-refractivity contribution < 1.29 is 14.6 Å². The third-order valence-corrected chi connectivity index (χ3v) is 8.83. The molecular weight excluding hydrogens is 509 g/mol. The van der Waals surface area contributed by atoms with Gasteiger partial charge in [0.2, 0.25) is 0 Å². The molecule has 2 aliphatic rings. The van der Waals surface area contributed by atoms with E-state index in [-0.39, 0.29) is 18.4 Å². The van der Waals surface area contributed by atoms with Gasteiger partial charge in [-0.15, -0.1) is 0 Å². The lowest BCUT2D eigenvalue weighted by Crippen LogP contribution is -2.52. The van der Waals surface area contributed by atoms with Crippen LogP contribution in [0.1, 0.15) is 35.2 Å². The molecule has 0 radical (unpaired) electrons. The fraction of sp³-hybridized carbons (Fsp3) is 0.448. The highest BCUT2D eigenvalue weighted by atomic mass is 35.5. The SMILES string of the molecule is COc1ccc2nccc(C(=O)N3CCC(N4CC[C@H](Cc5ccc(Cl)c(Cl)c5)[C@H](CO)C4)CC3)c2c1. The second-order valence-corrected chi connectivity index (χ2v) is 11.0. The average molecular weight is 543 g/mol. The number of piperidine rings is 2. The molecule has 1 aromatic heterocycles. The normalized spacial score (nSPS) is 21.4. The standard InChI is InChI=1S/C29H33Cl2N3O3/c1-37-23-3-5-28-25(16-23)24(6-10-32-28)29(36)33-12-8-22(9-13-33)34-11-7-20(21(17-34)18-35)14-19-2-4-26(30)27(31)15-19/h2-6,10,15-16,20-22,35H,7-9,11-14,17-18H2,1H3/t20-,21+/m1/s1. The molecular formula is C29H33Cl2N3O3. The number of rotatable bonds is 6. The Morgan fingerprint density at radius 2 is 1.84 bits per heavy atom. The third-order valence-electron chi connectivity index (χ3n) is 8.09. The maximum Gasteiger partial charge on any atom is 0.254 e. The molecule has 1 N–H and O–H groups in total. The first-order valence-electron chi connectivity index (χ1n) is 13.0. The van der Waals surface area contributed by atoms with Crippen molar-refractivity contribution in [1.29, 1.82) is 0 Å². The molecule has 2 saturated heterocycles. The number of hydrogen-bond acceptors (Lipinski definition) is 5. The van der Waals surface area contributed by atoms with Crippen molar-refractivity contribution in [2.24, 2.45) is 11.8 Å². The lowest BCUT2D eigenvalue weighted by atomic mass is 9.80. The van der Waals surface area contributed by atoms with E-state index in [1.165, 1.54) is 5.56 Å². The summed E-state index contributed by atoms with van der Waals surface area (Å²) in [5, 5.41) is 12.2. The molecule has 5 rings (SSSR count). The number of aromatic nitrogens is 1. The maximum atomic E-state index is 13.4. The van der Waals surface area contributed by atoms with E-state index in [1.54, 1.807) is 19.4 Å². The van der Waals surface area contributed by atoms with E-state index in [0.29, 0.717) is 33.3 Å². The number of halogens is 2. The van der Waals surface area contributed by atoms with Crippen molar-refractivity contribution >= 4 is 40.0 Å². The molecule has 2 atom stereocenters. The van der Waals surface area contributed by atoms with E-state index in [0.717, 1.165) is 62.8 Å². The number of ether oxygens (including phenoxy) is 1. The van der Waals surface area contributed by atoms with Crippen molar-refractivity contribution in [2.75, 3.05) is 39.9 Å². The van der Waals surface area contributed by atoms with Gasteiger partial charge < -0.3 is 14.7 Å². The fourth-order valence-corrected chi connectivity index (χ4v) is 6.25. The Bertz CT molecular complexity index is 1260. The van der Waals surface area contributed by atoms with Gasteiger partial charge in [-0.05, 0) is 86.0 Å². The lowest BCUT2D eigenvalue weighted by Gasteiger charge is -2.44.